The topological polar surface area (TPSA) is 36.8 Å². The van der Waals surface area contributed by atoms with E-state index in [4.69, 9.17) is 0 Å². The Hall–Kier alpha value is -3.44. The van der Waals surface area contributed by atoms with Crippen molar-refractivity contribution in [3.05, 3.63) is 101 Å². The lowest BCUT2D eigenvalue weighted by Crippen LogP contribution is -2.46. The number of amides is 1. The SMILES string of the molecule is Cc1c(F)cccc1Cc1c(-c2ccccc2)c2ccccn2c1C(=O)N1CCNCC1. The minimum Gasteiger partial charge on any atom is -0.335 e. The highest BCUT2D eigenvalue weighted by Crippen LogP contribution is 2.36. The van der Waals surface area contributed by atoms with Crippen molar-refractivity contribution in [3.63, 3.8) is 0 Å². The van der Waals surface area contributed by atoms with Crippen molar-refractivity contribution in [3.8, 4) is 11.1 Å². The summed E-state index contributed by atoms with van der Waals surface area (Å²) in [6, 6.07) is 21.3. The lowest BCUT2D eigenvalue weighted by molar-refractivity contribution is 0.0728. The summed E-state index contributed by atoms with van der Waals surface area (Å²) in [5.41, 5.74) is 6.22. The number of halogens is 1. The number of benzene rings is 2. The molecule has 2 aromatic carbocycles. The van der Waals surface area contributed by atoms with E-state index in [1.54, 1.807) is 13.0 Å². The number of fused-ring (bicyclic) bond motifs is 1. The Labute approximate surface area is 187 Å². The van der Waals surface area contributed by atoms with Crippen LogP contribution in [0.4, 0.5) is 4.39 Å². The number of hydrogen-bond acceptors (Lipinski definition) is 2. The zero-order valence-electron chi connectivity index (χ0n) is 18.1. The number of carbonyl (C=O) groups is 1. The molecule has 32 heavy (non-hydrogen) atoms. The van der Waals surface area contributed by atoms with E-state index >= 15 is 0 Å². The summed E-state index contributed by atoms with van der Waals surface area (Å²) in [4.78, 5) is 15.7. The first kappa shape index (κ1) is 20.5. The zero-order chi connectivity index (χ0) is 22.1. The molecule has 0 atom stereocenters. The van der Waals surface area contributed by atoms with Crippen LogP contribution in [0.2, 0.25) is 0 Å². The summed E-state index contributed by atoms with van der Waals surface area (Å²) in [5, 5.41) is 3.32. The van der Waals surface area contributed by atoms with Crippen molar-refractivity contribution >= 4 is 11.4 Å². The number of aromatic nitrogens is 1. The van der Waals surface area contributed by atoms with Gasteiger partial charge in [-0.25, -0.2) is 4.39 Å². The summed E-state index contributed by atoms with van der Waals surface area (Å²) in [6.07, 6.45) is 2.45. The molecule has 0 aliphatic carbocycles. The second-order valence-electron chi connectivity index (χ2n) is 8.27. The first-order chi connectivity index (χ1) is 15.6. The van der Waals surface area contributed by atoms with Crippen LogP contribution in [0, 0.1) is 12.7 Å². The van der Waals surface area contributed by atoms with Gasteiger partial charge >= 0.3 is 0 Å². The van der Waals surface area contributed by atoms with Crippen molar-refractivity contribution < 1.29 is 9.18 Å². The number of pyridine rings is 1. The number of rotatable bonds is 4. The Balaban J connectivity index is 1.76. The van der Waals surface area contributed by atoms with Crippen molar-refractivity contribution in [1.29, 1.82) is 0 Å². The van der Waals surface area contributed by atoms with E-state index < -0.39 is 0 Å². The second kappa shape index (κ2) is 8.60. The largest absolute Gasteiger partial charge is 0.335 e. The van der Waals surface area contributed by atoms with Crippen LogP contribution in [-0.2, 0) is 6.42 Å². The van der Waals surface area contributed by atoms with Crippen molar-refractivity contribution in [2.24, 2.45) is 0 Å². The third-order valence-electron chi connectivity index (χ3n) is 6.36. The van der Waals surface area contributed by atoms with E-state index in [0.717, 1.165) is 40.9 Å². The first-order valence-electron chi connectivity index (χ1n) is 11.1. The van der Waals surface area contributed by atoms with Crippen LogP contribution in [0.1, 0.15) is 27.2 Å². The van der Waals surface area contributed by atoms with Crippen molar-refractivity contribution in [2.75, 3.05) is 26.2 Å². The molecule has 1 aliphatic rings. The Kier molecular flexibility index (Phi) is 5.50. The van der Waals surface area contributed by atoms with Gasteiger partial charge in [0.15, 0.2) is 0 Å². The average Bonchev–Trinajstić information content (AvgIpc) is 3.16. The van der Waals surface area contributed by atoms with E-state index in [9.17, 15) is 9.18 Å². The third-order valence-corrected chi connectivity index (χ3v) is 6.36. The number of piperazine rings is 1. The molecule has 1 saturated heterocycles. The van der Waals surface area contributed by atoms with Crippen LogP contribution in [0.25, 0.3) is 16.6 Å². The fourth-order valence-electron chi connectivity index (χ4n) is 4.64. The minimum absolute atomic E-state index is 0.0268. The average molecular weight is 428 g/mol. The van der Waals surface area contributed by atoms with Crippen LogP contribution >= 0.6 is 0 Å². The summed E-state index contributed by atoms with van der Waals surface area (Å²) in [6.45, 7) is 4.74. The third kappa shape index (κ3) is 3.59. The molecule has 4 aromatic rings. The van der Waals surface area contributed by atoms with Crippen LogP contribution in [-0.4, -0.2) is 41.4 Å². The molecule has 1 amide bonds. The zero-order valence-corrected chi connectivity index (χ0v) is 18.1. The normalized spacial score (nSPS) is 14.1. The maximum atomic E-state index is 14.4. The Morgan fingerprint density at radius 2 is 1.72 bits per heavy atom. The van der Waals surface area contributed by atoms with Crippen LogP contribution in [0.3, 0.4) is 0 Å². The second-order valence-corrected chi connectivity index (χ2v) is 8.27. The molecule has 5 rings (SSSR count). The Morgan fingerprint density at radius 3 is 2.50 bits per heavy atom. The van der Waals surface area contributed by atoms with Gasteiger partial charge in [-0.2, -0.15) is 0 Å². The van der Waals surface area contributed by atoms with E-state index in [1.807, 2.05) is 51.9 Å². The number of nitrogens with zero attached hydrogens (tertiary/aromatic N) is 2. The predicted octanol–water partition coefficient (Wildman–Crippen LogP) is 4.69. The van der Waals surface area contributed by atoms with E-state index in [0.29, 0.717) is 30.8 Å². The molecule has 162 valence electrons. The first-order valence-corrected chi connectivity index (χ1v) is 11.1. The number of carbonyl (C=O) groups excluding carboxylic acids is 1. The number of hydrogen-bond donors (Lipinski definition) is 1. The standard InChI is InChI=1S/C27H26FN3O/c1-19-21(10-7-11-23(19)28)18-22-25(20-8-3-2-4-9-20)24-12-5-6-15-31(24)26(22)27(32)30-16-13-29-14-17-30/h2-12,15,29H,13-14,16-18H2,1H3. The van der Waals surface area contributed by atoms with Gasteiger partial charge in [-0.05, 0) is 47.4 Å². The molecule has 4 nitrogen and oxygen atoms in total. The quantitative estimate of drug-likeness (QED) is 0.513. The van der Waals surface area contributed by atoms with Gasteiger partial charge in [-0.15, -0.1) is 0 Å². The molecule has 0 radical (unpaired) electrons. The summed E-state index contributed by atoms with van der Waals surface area (Å²) < 4.78 is 16.4. The van der Waals surface area contributed by atoms with Crippen molar-refractivity contribution in [1.82, 2.24) is 14.6 Å². The molecule has 1 N–H and O–H groups in total. The van der Waals surface area contributed by atoms with Gasteiger partial charge < -0.3 is 14.6 Å². The van der Waals surface area contributed by atoms with Crippen molar-refractivity contribution in [2.45, 2.75) is 13.3 Å². The highest BCUT2D eigenvalue weighted by Gasteiger charge is 2.28. The highest BCUT2D eigenvalue weighted by atomic mass is 19.1. The fraction of sp³-hybridized carbons (Fsp3) is 0.222. The van der Waals surface area contributed by atoms with Gasteiger partial charge in [0.25, 0.3) is 5.91 Å². The Morgan fingerprint density at radius 1 is 0.969 bits per heavy atom. The lowest BCUT2D eigenvalue weighted by Gasteiger charge is -2.28. The highest BCUT2D eigenvalue weighted by molar-refractivity contribution is 6.01. The molecule has 3 heterocycles. The minimum atomic E-state index is -0.220. The molecule has 0 saturated carbocycles. The van der Waals surface area contributed by atoms with Gasteiger partial charge in [-0.1, -0.05) is 48.5 Å². The van der Waals surface area contributed by atoms with Crippen LogP contribution in [0.5, 0.6) is 0 Å². The maximum Gasteiger partial charge on any atom is 0.271 e. The molecule has 5 heteroatoms. The van der Waals surface area contributed by atoms with Gasteiger partial charge in [0.05, 0.1) is 5.52 Å². The van der Waals surface area contributed by atoms with Gasteiger partial charge in [-0.3, -0.25) is 4.79 Å². The number of nitrogens with one attached hydrogen (secondary N) is 1. The predicted molar refractivity (Wildman–Crippen MR) is 126 cm³/mol. The molecule has 0 spiro atoms. The van der Waals surface area contributed by atoms with E-state index in [2.05, 4.69) is 23.5 Å². The van der Waals surface area contributed by atoms with Gasteiger partial charge in [0, 0.05) is 44.4 Å². The molecule has 1 fully saturated rings. The molecular weight excluding hydrogens is 401 g/mol. The van der Waals surface area contributed by atoms with Crippen LogP contribution < -0.4 is 5.32 Å². The van der Waals surface area contributed by atoms with Gasteiger partial charge in [0.2, 0.25) is 0 Å². The lowest BCUT2D eigenvalue weighted by atomic mass is 9.93. The maximum absolute atomic E-state index is 14.4. The molecule has 2 aromatic heterocycles. The van der Waals surface area contributed by atoms with E-state index in [-0.39, 0.29) is 11.7 Å². The molecular formula is C27H26FN3O. The Bertz CT molecular complexity index is 1270. The summed E-state index contributed by atoms with van der Waals surface area (Å²) in [5.74, 6) is -0.193. The molecule has 0 unspecified atom stereocenters. The molecule has 0 bridgehead atoms. The van der Waals surface area contributed by atoms with Crippen LogP contribution in [0.15, 0.2) is 72.9 Å². The smallest absolute Gasteiger partial charge is 0.271 e. The fourth-order valence-corrected chi connectivity index (χ4v) is 4.64. The monoisotopic (exact) mass is 427 g/mol. The van der Waals surface area contributed by atoms with E-state index in [1.165, 1.54) is 6.07 Å². The van der Waals surface area contributed by atoms with Gasteiger partial charge in [0.1, 0.15) is 11.5 Å². The summed E-state index contributed by atoms with van der Waals surface area (Å²) in [7, 11) is 0. The molecule has 1 aliphatic heterocycles. The summed E-state index contributed by atoms with van der Waals surface area (Å²) >= 11 is 0.